The second kappa shape index (κ2) is 6.00. The summed E-state index contributed by atoms with van der Waals surface area (Å²) in [5.41, 5.74) is 3.83. The molecule has 1 amide bonds. The summed E-state index contributed by atoms with van der Waals surface area (Å²) in [6, 6.07) is 8.43. The predicted octanol–water partition coefficient (Wildman–Crippen LogP) is 1.37. The van der Waals surface area contributed by atoms with Crippen LogP contribution in [0, 0.1) is 5.92 Å². The number of hydrogen-bond donors (Lipinski definition) is 2. The first-order valence-electron chi connectivity index (χ1n) is 8.90. The number of hydrogen-bond acceptors (Lipinski definition) is 1. The molecule has 0 spiro atoms. The molecule has 2 aliphatic rings. The summed E-state index contributed by atoms with van der Waals surface area (Å²) in [5, 5.41) is 1.28. The van der Waals surface area contributed by atoms with E-state index in [0.29, 0.717) is 12.5 Å². The predicted molar refractivity (Wildman–Crippen MR) is 91.4 cm³/mol. The Bertz CT molecular complexity index is 720. The normalized spacial score (nSPS) is 24.7. The van der Waals surface area contributed by atoms with Gasteiger partial charge in [-0.25, -0.2) is 0 Å². The number of likely N-dealkylation sites (tertiary alicyclic amines) is 1. The molecule has 4 rings (SSSR count). The van der Waals surface area contributed by atoms with E-state index in [0.717, 1.165) is 38.5 Å². The van der Waals surface area contributed by atoms with Gasteiger partial charge >= 0.3 is 0 Å². The molecule has 23 heavy (non-hydrogen) atoms. The second-order valence-electron chi connectivity index (χ2n) is 7.32. The van der Waals surface area contributed by atoms with Crippen LogP contribution in [-0.4, -0.2) is 42.0 Å². The van der Waals surface area contributed by atoms with Gasteiger partial charge in [-0.05, 0) is 18.9 Å². The number of nitrogens with one attached hydrogen (secondary N) is 2. The third-order valence-corrected chi connectivity index (χ3v) is 5.50. The fourth-order valence-corrected chi connectivity index (χ4v) is 4.26. The van der Waals surface area contributed by atoms with Crippen LogP contribution in [0.4, 0.5) is 0 Å². The van der Waals surface area contributed by atoms with Gasteiger partial charge in [-0.15, -0.1) is 0 Å². The number of H-pyrrole nitrogens is 1. The third-order valence-electron chi connectivity index (χ3n) is 5.50. The van der Waals surface area contributed by atoms with E-state index in [1.165, 1.54) is 39.9 Å². The number of carbonyl (C=O) groups excluding carboxylic acids is 1. The number of piperidine rings is 1. The van der Waals surface area contributed by atoms with Gasteiger partial charge in [0.2, 0.25) is 0 Å². The Kier molecular flexibility index (Phi) is 3.85. The first kappa shape index (κ1) is 14.8. The average Bonchev–Trinajstić information content (AvgIpc) is 2.92. The highest BCUT2D eigenvalue weighted by Gasteiger charge is 2.28. The van der Waals surface area contributed by atoms with Crippen molar-refractivity contribution >= 4 is 16.8 Å². The number of aromatic amines is 1. The maximum Gasteiger partial charge on any atom is 0.278 e. The summed E-state index contributed by atoms with van der Waals surface area (Å²) in [5.74, 6) is 1.08. The average molecular weight is 312 g/mol. The van der Waals surface area contributed by atoms with E-state index < -0.39 is 0 Å². The molecule has 1 saturated heterocycles. The van der Waals surface area contributed by atoms with Gasteiger partial charge in [-0.2, -0.15) is 0 Å². The molecule has 1 fully saturated rings. The Morgan fingerprint density at radius 2 is 2.26 bits per heavy atom. The molecule has 2 aromatic rings. The van der Waals surface area contributed by atoms with E-state index >= 15 is 0 Å². The molecular formula is C19H26N3O+. The maximum atomic E-state index is 12.7. The summed E-state index contributed by atoms with van der Waals surface area (Å²) in [6.07, 6.45) is 3.53. The van der Waals surface area contributed by atoms with Gasteiger partial charge in [0.15, 0.2) is 6.54 Å². The van der Waals surface area contributed by atoms with Crippen molar-refractivity contribution in [3.8, 4) is 0 Å². The molecule has 3 heterocycles. The zero-order chi connectivity index (χ0) is 15.8. The van der Waals surface area contributed by atoms with Crippen molar-refractivity contribution in [1.29, 1.82) is 0 Å². The number of rotatable bonds is 2. The molecule has 1 aromatic heterocycles. The molecule has 0 saturated carbocycles. The SMILES string of the molecule is C[C@H]1CCC[NH+](CC(=O)N2CCc3[nH]c4ccccc4c3C2)C1. The summed E-state index contributed by atoms with van der Waals surface area (Å²) < 4.78 is 0. The van der Waals surface area contributed by atoms with Crippen LogP contribution in [0.2, 0.25) is 0 Å². The monoisotopic (exact) mass is 312 g/mol. The van der Waals surface area contributed by atoms with Crippen LogP contribution in [0.3, 0.4) is 0 Å². The number of benzene rings is 1. The summed E-state index contributed by atoms with van der Waals surface area (Å²) in [6.45, 7) is 6.90. The minimum absolute atomic E-state index is 0.324. The molecule has 2 atom stereocenters. The van der Waals surface area contributed by atoms with Crippen molar-refractivity contribution in [3.63, 3.8) is 0 Å². The zero-order valence-electron chi connectivity index (χ0n) is 13.9. The molecule has 0 aliphatic carbocycles. The quantitative estimate of drug-likeness (QED) is 0.864. The van der Waals surface area contributed by atoms with Crippen molar-refractivity contribution in [2.75, 3.05) is 26.2 Å². The fourth-order valence-electron chi connectivity index (χ4n) is 4.26. The molecule has 0 radical (unpaired) electrons. The van der Waals surface area contributed by atoms with E-state index in [1.807, 2.05) is 0 Å². The van der Waals surface area contributed by atoms with Gasteiger partial charge in [0.05, 0.1) is 13.1 Å². The first-order chi connectivity index (χ1) is 11.2. The molecule has 1 unspecified atom stereocenters. The Morgan fingerprint density at radius 1 is 1.39 bits per heavy atom. The summed E-state index contributed by atoms with van der Waals surface area (Å²) in [4.78, 5) is 19.8. The van der Waals surface area contributed by atoms with Crippen LogP contribution < -0.4 is 4.90 Å². The minimum atomic E-state index is 0.324. The van der Waals surface area contributed by atoms with E-state index in [-0.39, 0.29) is 0 Å². The topological polar surface area (TPSA) is 40.5 Å². The molecule has 2 aliphatic heterocycles. The number of aromatic nitrogens is 1. The lowest BCUT2D eigenvalue weighted by Crippen LogP contribution is -3.14. The lowest BCUT2D eigenvalue weighted by Gasteiger charge is -2.31. The van der Waals surface area contributed by atoms with Crippen LogP contribution in [0.15, 0.2) is 24.3 Å². The maximum absolute atomic E-state index is 12.7. The molecule has 4 nitrogen and oxygen atoms in total. The van der Waals surface area contributed by atoms with Crippen molar-refractivity contribution in [1.82, 2.24) is 9.88 Å². The van der Waals surface area contributed by atoms with Gasteiger partial charge in [0.1, 0.15) is 0 Å². The smallest absolute Gasteiger partial charge is 0.278 e. The highest BCUT2D eigenvalue weighted by Crippen LogP contribution is 2.27. The Hall–Kier alpha value is -1.81. The van der Waals surface area contributed by atoms with Crippen LogP contribution in [0.1, 0.15) is 31.0 Å². The van der Waals surface area contributed by atoms with E-state index in [9.17, 15) is 4.79 Å². The van der Waals surface area contributed by atoms with Gasteiger partial charge in [0, 0.05) is 47.6 Å². The largest absolute Gasteiger partial charge is 0.358 e. The lowest BCUT2D eigenvalue weighted by atomic mass is 10.0. The lowest BCUT2D eigenvalue weighted by molar-refractivity contribution is -0.900. The number of fused-ring (bicyclic) bond motifs is 3. The number of nitrogens with zero attached hydrogens (tertiary/aromatic N) is 1. The Morgan fingerprint density at radius 3 is 3.13 bits per heavy atom. The van der Waals surface area contributed by atoms with Crippen molar-refractivity contribution < 1.29 is 9.69 Å². The molecule has 0 bridgehead atoms. The van der Waals surface area contributed by atoms with Crippen molar-refractivity contribution in [2.24, 2.45) is 5.92 Å². The van der Waals surface area contributed by atoms with E-state index in [1.54, 1.807) is 0 Å². The molecule has 122 valence electrons. The van der Waals surface area contributed by atoms with E-state index in [2.05, 4.69) is 41.1 Å². The van der Waals surface area contributed by atoms with Gasteiger partial charge in [0.25, 0.3) is 5.91 Å². The van der Waals surface area contributed by atoms with Gasteiger partial charge < -0.3 is 14.8 Å². The fraction of sp³-hybridized carbons (Fsp3) is 0.526. The molecule has 2 N–H and O–H groups in total. The van der Waals surface area contributed by atoms with Gasteiger partial charge in [-0.3, -0.25) is 4.79 Å². The van der Waals surface area contributed by atoms with Crippen LogP contribution in [-0.2, 0) is 17.8 Å². The van der Waals surface area contributed by atoms with Crippen molar-refractivity contribution in [3.05, 3.63) is 35.5 Å². The minimum Gasteiger partial charge on any atom is -0.358 e. The molecule has 1 aromatic carbocycles. The number of carbonyl (C=O) groups is 1. The first-order valence-corrected chi connectivity index (χ1v) is 8.90. The van der Waals surface area contributed by atoms with Crippen molar-refractivity contribution in [2.45, 2.75) is 32.7 Å². The van der Waals surface area contributed by atoms with E-state index in [4.69, 9.17) is 0 Å². The summed E-state index contributed by atoms with van der Waals surface area (Å²) in [7, 11) is 0. The van der Waals surface area contributed by atoms with Crippen LogP contribution in [0.5, 0.6) is 0 Å². The number of amides is 1. The number of quaternary nitrogens is 1. The standard InChI is InChI=1S/C19H25N3O/c1-14-5-4-9-21(11-14)13-19(23)22-10-8-18-16(12-22)15-6-2-3-7-17(15)20-18/h2-3,6-7,14,20H,4-5,8-13H2,1H3/p+1/t14-/m0/s1. The Balaban J connectivity index is 1.48. The highest BCUT2D eigenvalue weighted by atomic mass is 16.2. The molecule has 4 heteroatoms. The third kappa shape index (κ3) is 2.88. The second-order valence-corrected chi connectivity index (χ2v) is 7.32. The Labute approximate surface area is 137 Å². The highest BCUT2D eigenvalue weighted by molar-refractivity contribution is 5.86. The van der Waals surface area contributed by atoms with Crippen LogP contribution >= 0.6 is 0 Å². The van der Waals surface area contributed by atoms with Crippen LogP contribution in [0.25, 0.3) is 10.9 Å². The number of para-hydroxylation sites is 1. The summed E-state index contributed by atoms with van der Waals surface area (Å²) >= 11 is 0. The molecular weight excluding hydrogens is 286 g/mol. The zero-order valence-corrected chi connectivity index (χ0v) is 13.9. The van der Waals surface area contributed by atoms with Gasteiger partial charge in [-0.1, -0.05) is 25.1 Å².